The maximum atomic E-state index is 14.1. The van der Waals surface area contributed by atoms with E-state index in [0.29, 0.717) is 39.9 Å². The second kappa shape index (κ2) is 12.9. The van der Waals surface area contributed by atoms with E-state index < -0.39 is 36.0 Å². The number of aliphatic carboxylic acids is 1. The van der Waals surface area contributed by atoms with Crippen molar-refractivity contribution in [2.24, 2.45) is 11.3 Å². The Morgan fingerprint density at radius 2 is 1.82 bits per heavy atom. The molecular formula is C30H39ClN2O7. The van der Waals surface area contributed by atoms with Gasteiger partial charge in [-0.25, -0.2) is 4.79 Å². The van der Waals surface area contributed by atoms with Crippen LogP contribution in [0, 0.1) is 11.3 Å². The van der Waals surface area contributed by atoms with Crippen LogP contribution in [0.2, 0.25) is 5.02 Å². The van der Waals surface area contributed by atoms with Crippen molar-refractivity contribution in [2.75, 3.05) is 25.7 Å². The van der Waals surface area contributed by atoms with Crippen LogP contribution in [-0.2, 0) is 19.1 Å². The average Bonchev–Trinajstić information content (AvgIpc) is 2.96. The van der Waals surface area contributed by atoms with E-state index in [-0.39, 0.29) is 24.2 Å². The van der Waals surface area contributed by atoms with E-state index in [2.05, 4.69) is 5.32 Å². The highest BCUT2D eigenvalue weighted by Gasteiger charge is 2.40. The first-order chi connectivity index (χ1) is 18.7. The highest BCUT2D eigenvalue weighted by molar-refractivity contribution is 6.30. The third-order valence-corrected chi connectivity index (χ3v) is 6.70. The Labute approximate surface area is 240 Å². The zero-order valence-electron chi connectivity index (χ0n) is 24.1. The van der Waals surface area contributed by atoms with Crippen LogP contribution in [0.1, 0.15) is 64.7 Å². The second-order valence-corrected chi connectivity index (χ2v) is 12.0. The lowest BCUT2D eigenvalue weighted by molar-refractivity contribution is -0.144. The Kier molecular flexibility index (Phi) is 10.1. The lowest BCUT2D eigenvalue weighted by Crippen LogP contribution is -2.47. The summed E-state index contributed by atoms with van der Waals surface area (Å²) in [7, 11) is 3.04. The topological polar surface area (TPSA) is 114 Å². The van der Waals surface area contributed by atoms with Crippen molar-refractivity contribution in [3.63, 3.8) is 0 Å². The molecule has 0 unspecified atom stereocenters. The summed E-state index contributed by atoms with van der Waals surface area (Å²) in [4.78, 5) is 40.6. The smallest absolute Gasteiger partial charge is 0.326 e. The van der Waals surface area contributed by atoms with Crippen LogP contribution in [0.4, 0.5) is 5.69 Å². The molecule has 0 saturated heterocycles. The quantitative estimate of drug-likeness (QED) is 0.399. The molecular weight excluding hydrogens is 536 g/mol. The van der Waals surface area contributed by atoms with Gasteiger partial charge in [-0.3, -0.25) is 9.59 Å². The summed E-state index contributed by atoms with van der Waals surface area (Å²) in [6, 6.07) is 9.49. The summed E-state index contributed by atoms with van der Waals surface area (Å²) in [6.45, 7) is 10.1. The molecule has 40 heavy (non-hydrogen) atoms. The minimum atomic E-state index is -1.22. The molecule has 2 aromatic rings. The molecule has 3 rings (SSSR count). The normalized spacial score (nSPS) is 18.1. The van der Waals surface area contributed by atoms with Gasteiger partial charge in [0.2, 0.25) is 5.91 Å². The van der Waals surface area contributed by atoms with Crippen molar-refractivity contribution in [3.05, 3.63) is 52.5 Å². The molecule has 1 heterocycles. The molecule has 9 nitrogen and oxygen atoms in total. The molecule has 10 heteroatoms. The van der Waals surface area contributed by atoms with Gasteiger partial charge >= 0.3 is 5.97 Å². The summed E-state index contributed by atoms with van der Waals surface area (Å²) in [5, 5.41) is 12.6. The molecule has 2 aromatic carbocycles. The third-order valence-electron chi connectivity index (χ3n) is 6.46. The Balaban J connectivity index is 2.13. The fourth-order valence-electron chi connectivity index (χ4n) is 4.82. The van der Waals surface area contributed by atoms with Crippen LogP contribution in [0.15, 0.2) is 36.4 Å². The van der Waals surface area contributed by atoms with E-state index in [1.54, 1.807) is 41.3 Å². The molecule has 1 aliphatic rings. The van der Waals surface area contributed by atoms with Crippen LogP contribution in [0.5, 0.6) is 11.5 Å². The number of carboxylic acid groups (broad SMARTS) is 1. The molecule has 0 saturated carbocycles. The first-order valence-corrected chi connectivity index (χ1v) is 13.6. The van der Waals surface area contributed by atoms with Gasteiger partial charge in [-0.1, -0.05) is 58.4 Å². The molecule has 1 aliphatic heterocycles. The lowest BCUT2D eigenvalue weighted by atomic mass is 9.94. The first-order valence-electron chi connectivity index (χ1n) is 13.2. The number of carboxylic acids is 1. The van der Waals surface area contributed by atoms with Crippen molar-refractivity contribution in [1.82, 2.24) is 5.32 Å². The first kappa shape index (κ1) is 31.2. The molecule has 0 bridgehead atoms. The van der Waals surface area contributed by atoms with Crippen molar-refractivity contribution in [1.29, 1.82) is 0 Å². The molecule has 218 valence electrons. The lowest BCUT2D eigenvalue weighted by Gasteiger charge is -2.31. The molecule has 0 aliphatic carbocycles. The number of carbonyl (C=O) groups is 3. The summed E-state index contributed by atoms with van der Waals surface area (Å²) >= 11 is 6.45. The number of methoxy groups -OCH3 is 2. The van der Waals surface area contributed by atoms with Gasteiger partial charge < -0.3 is 29.5 Å². The maximum Gasteiger partial charge on any atom is 0.326 e. The van der Waals surface area contributed by atoms with E-state index in [1.807, 2.05) is 34.6 Å². The zero-order chi connectivity index (χ0) is 29.8. The molecule has 0 fully saturated rings. The van der Waals surface area contributed by atoms with E-state index in [9.17, 15) is 19.5 Å². The number of para-hydroxylation sites is 1. The van der Waals surface area contributed by atoms with Gasteiger partial charge in [0.15, 0.2) is 11.5 Å². The number of halogens is 1. The van der Waals surface area contributed by atoms with E-state index in [0.717, 1.165) is 0 Å². The van der Waals surface area contributed by atoms with Gasteiger partial charge in [0.25, 0.3) is 5.91 Å². The number of fused-ring (bicyclic) bond motifs is 1. The van der Waals surface area contributed by atoms with Crippen molar-refractivity contribution < 1.29 is 33.7 Å². The van der Waals surface area contributed by atoms with Crippen molar-refractivity contribution in [2.45, 2.75) is 65.7 Å². The second-order valence-electron chi connectivity index (χ2n) is 11.6. The highest BCUT2D eigenvalue weighted by Crippen LogP contribution is 2.45. The summed E-state index contributed by atoms with van der Waals surface area (Å²) < 4.78 is 17.7. The van der Waals surface area contributed by atoms with E-state index in [1.165, 1.54) is 14.2 Å². The fraction of sp³-hybridized carbons (Fsp3) is 0.500. The number of benzene rings is 2. The minimum absolute atomic E-state index is 0.0450. The summed E-state index contributed by atoms with van der Waals surface area (Å²) in [5.74, 6) is -1.20. The van der Waals surface area contributed by atoms with Gasteiger partial charge in [0.05, 0.1) is 20.6 Å². The molecule has 0 aromatic heterocycles. The number of hydrogen-bond acceptors (Lipinski definition) is 6. The van der Waals surface area contributed by atoms with E-state index in [4.69, 9.17) is 25.8 Å². The molecule has 0 spiro atoms. The number of hydrogen-bond donors (Lipinski definition) is 2. The monoisotopic (exact) mass is 574 g/mol. The fourth-order valence-corrected chi connectivity index (χ4v) is 5.00. The van der Waals surface area contributed by atoms with Gasteiger partial charge in [-0.05, 0) is 42.0 Å². The highest BCUT2D eigenvalue weighted by atomic mass is 35.5. The molecule has 2 amide bonds. The van der Waals surface area contributed by atoms with Crippen molar-refractivity contribution >= 4 is 35.1 Å². The summed E-state index contributed by atoms with van der Waals surface area (Å²) in [6.07, 6.45) is -2.19. The van der Waals surface area contributed by atoms with Crippen LogP contribution >= 0.6 is 11.6 Å². The predicted octanol–water partition coefficient (Wildman–Crippen LogP) is 5.23. The Hall–Kier alpha value is -3.30. The number of rotatable bonds is 10. The Bertz CT molecular complexity index is 1240. The third kappa shape index (κ3) is 7.46. The molecule has 0 radical (unpaired) electrons. The predicted molar refractivity (Wildman–Crippen MR) is 153 cm³/mol. The van der Waals surface area contributed by atoms with Crippen LogP contribution in [0.25, 0.3) is 0 Å². The standard InChI is InChI=1S/C30H39ClN2O7/c1-17(2)13-21(29(36)37)32-25(34)15-24-28(35)33(16-30(3,4)5)22-12-11-18(31)14-20(22)26(40-24)19-9-8-10-23(38-6)27(19)39-7/h8-12,14,17,21,24,26H,13,15-16H2,1-7H3,(H,32,34)(H,36,37)/t21-,24+,26+/m0/s1. The number of anilines is 1. The number of nitrogens with zero attached hydrogens (tertiary/aromatic N) is 1. The van der Waals surface area contributed by atoms with Gasteiger partial charge in [0, 0.05) is 28.4 Å². The van der Waals surface area contributed by atoms with Gasteiger partial charge in [-0.2, -0.15) is 0 Å². The largest absolute Gasteiger partial charge is 0.493 e. The zero-order valence-corrected chi connectivity index (χ0v) is 24.9. The van der Waals surface area contributed by atoms with Crippen LogP contribution < -0.4 is 19.7 Å². The van der Waals surface area contributed by atoms with Crippen LogP contribution in [0.3, 0.4) is 0 Å². The van der Waals surface area contributed by atoms with Gasteiger partial charge in [0.1, 0.15) is 18.2 Å². The summed E-state index contributed by atoms with van der Waals surface area (Å²) in [5.41, 5.74) is 1.52. The Morgan fingerprint density at radius 1 is 1.12 bits per heavy atom. The average molecular weight is 575 g/mol. The maximum absolute atomic E-state index is 14.1. The number of amides is 2. The van der Waals surface area contributed by atoms with Crippen molar-refractivity contribution in [3.8, 4) is 11.5 Å². The number of carbonyl (C=O) groups excluding carboxylic acids is 2. The molecule has 2 N–H and O–H groups in total. The van der Waals surface area contributed by atoms with Gasteiger partial charge in [-0.15, -0.1) is 0 Å². The van der Waals surface area contributed by atoms with E-state index >= 15 is 0 Å². The SMILES string of the molecule is COc1cccc([C@H]2O[C@H](CC(=O)N[C@@H](CC(C)C)C(=O)O)C(=O)N(CC(C)(C)C)c3ccc(Cl)cc32)c1OC. The minimum Gasteiger partial charge on any atom is -0.493 e. The molecule has 3 atom stereocenters. The Morgan fingerprint density at radius 3 is 2.40 bits per heavy atom. The van der Waals surface area contributed by atoms with Crippen LogP contribution in [-0.4, -0.2) is 55.8 Å². The number of nitrogens with one attached hydrogen (secondary N) is 1. The number of ether oxygens (including phenoxy) is 3.